The van der Waals surface area contributed by atoms with Gasteiger partial charge in [0.2, 0.25) is 5.91 Å². The number of nitrogens with one attached hydrogen (secondary N) is 1. The van der Waals surface area contributed by atoms with Crippen LogP contribution in [0.5, 0.6) is 0 Å². The van der Waals surface area contributed by atoms with Gasteiger partial charge in [-0.15, -0.1) is 0 Å². The van der Waals surface area contributed by atoms with Gasteiger partial charge in [0.25, 0.3) is 0 Å². The first-order chi connectivity index (χ1) is 11.8. The van der Waals surface area contributed by atoms with E-state index in [-0.39, 0.29) is 41.6 Å². The Kier molecular flexibility index (Phi) is 4.84. The molecule has 136 valence electrons. The topological polar surface area (TPSA) is 46.2 Å². The summed E-state index contributed by atoms with van der Waals surface area (Å²) in [6.07, 6.45) is -1.19. The Bertz CT molecular complexity index is 670. The number of alkyl halides is 3. The van der Waals surface area contributed by atoms with Crippen LogP contribution in [0, 0.1) is 23.6 Å². The first-order valence-electron chi connectivity index (χ1n) is 8.42. The highest BCUT2D eigenvalue weighted by Gasteiger charge is 2.41. The minimum atomic E-state index is -4.68. The molecule has 25 heavy (non-hydrogen) atoms. The van der Waals surface area contributed by atoms with Crippen LogP contribution in [0.2, 0.25) is 0 Å². The maximum absolute atomic E-state index is 13.1. The van der Waals surface area contributed by atoms with E-state index in [1.54, 1.807) is 0 Å². The van der Waals surface area contributed by atoms with Gasteiger partial charge in [0.15, 0.2) is 0 Å². The van der Waals surface area contributed by atoms with Crippen LogP contribution in [0.3, 0.4) is 0 Å². The average Bonchev–Trinajstić information content (AvgIpc) is 2.52. The summed E-state index contributed by atoms with van der Waals surface area (Å²) in [6, 6.07) is 2.42. The third-order valence-corrected chi connectivity index (χ3v) is 5.25. The second-order valence-corrected chi connectivity index (χ2v) is 6.91. The standard InChI is InChI=1S/C18H19F4NO2/c19-14-5-4-12(15(8-14)18(20,21)22)9-23-17(25)13-6-10-2-1-3-11(7-13)16(10)24/h4-5,8,10-11,13H,1-3,6-7,9H2,(H,23,25)/t10-,11+,13?. The molecule has 0 radical (unpaired) electrons. The van der Waals surface area contributed by atoms with E-state index in [9.17, 15) is 27.2 Å². The summed E-state index contributed by atoms with van der Waals surface area (Å²) >= 11 is 0. The van der Waals surface area contributed by atoms with Gasteiger partial charge in [-0.1, -0.05) is 12.5 Å². The summed E-state index contributed by atoms with van der Waals surface area (Å²) in [5.74, 6) is -1.61. The third kappa shape index (κ3) is 3.85. The molecule has 2 fully saturated rings. The largest absolute Gasteiger partial charge is 0.416 e. The Morgan fingerprint density at radius 1 is 1.16 bits per heavy atom. The Morgan fingerprint density at radius 2 is 1.80 bits per heavy atom. The minimum absolute atomic E-state index is 0.0974. The van der Waals surface area contributed by atoms with Gasteiger partial charge in [-0.2, -0.15) is 13.2 Å². The van der Waals surface area contributed by atoms with E-state index in [1.807, 2.05) is 0 Å². The fourth-order valence-corrected chi connectivity index (χ4v) is 3.99. The number of hydrogen-bond acceptors (Lipinski definition) is 2. The summed E-state index contributed by atoms with van der Waals surface area (Å²) in [6.45, 7) is -0.312. The van der Waals surface area contributed by atoms with Gasteiger partial charge >= 0.3 is 6.18 Å². The Morgan fingerprint density at radius 3 is 2.40 bits per heavy atom. The molecule has 2 bridgehead atoms. The summed E-state index contributed by atoms with van der Waals surface area (Å²) in [7, 11) is 0. The van der Waals surface area contributed by atoms with Crippen molar-refractivity contribution in [1.29, 1.82) is 0 Å². The number of hydrogen-bond donors (Lipinski definition) is 1. The van der Waals surface area contributed by atoms with E-state index in [4.69, 9.17) is 0 Å². The average molecular weight is 357 g/mol. The van der Waals surface area contributed by atoms with Gasteiger partial charge in [0, 0.05) is 24.3 Å². The number of halogens is 4. The quantitative estimate of drug-likeness (QED) is 0.835. The van der Waals surface area contributed by atoms with Crippen molar-refractivity contribution in [2.75, 3.05) is 0 Å². The van der Waals surface area contributed by atoms with E-state index >= 15 is 0 Å². The molecule has 0 aromatic heterocycles. The van der Waals surface area contributed by atoms with Crippen molar-refractivity contribution in [1.82, 2.24) is 5.32 Å². The number of Topliss-reactive ketones (excluding diaryl/α,β-unsaturated/α-hetero) is 1. The lowest BCUT2D eigenvalue weighted by atomic mass is 9.67. The van der Waals surface area contributed by atoms with E-state index in [1.165, 1.54) is 0 Å². The van der Waals surface area contributed by atoms with Crippen LogP contribution in [0.15, 0.2) is 18.2 Å². The normalized spacial score (nSPS) is 26.4. The zero-order valence-electron chi connectivity index (χ0n) is 13.5. The zero-order valence-corrected chi connectivity index (χ0v) is 13.5. The molecule has 1 unspecified atom stereocenters. The van der Waals surface area contributed by atoms with Gasteiger partial charge in [0.05, 0.1) is 5.56 Å². The molecule has 3 rings (SSSR count). The number of fused-ring (bicyclic) bond motifs is 2. The molecule has 3 atom stereocenters. The molecular weight excluding hydrogens is 338 g/mol. The molecule has 1 aromatic rings. The maximum Gasteiger partial charge on any atom is 0.416 e. The smallest absolute Gasteiger partial charge is 0.352 e. The van der Waals surface area contributed by atoms with E-state index in [0.717, 1.165) is 31.4 Å². The van der Waals surface area contributed by atoms with Crippen molar-refractivity contribution in [2.45, 2.75) is 44.8 Å². The minimum Gasteiger partial charge on any atom is -0.352 e. The molecule has 0 saturated heterocycles. The van der Waals surface area contributed by atoms with Crippen molar-refractivity contribution < 1.29 is 27.2 Å². The molecule has 0 heterocycles. The van der Waals surface area contributed by atoms with Gasteiger partial charge < -0.3 is 5.32 Å². The van der Waals surface area contributed by atoms with Gasteiger partial charge in [-0.25, -0.2) is 4.39 Å². The highest BCUT2D eigenvalue weighted by atomic mass is 19.4. The molecule has 0 aliphatic heterocycles. The summed E-state index contributed by atoms with van der Waals surface area (Å²) < 4.78 is 52.1. The second-order valence-electron chi connectivity index (χ2n) is 6.91. The maximum atomic E-state index is 13.1. The van der Waals surface area contributed by atoms with Crippen LogP contribution < -0.4 is 5.32 Å². The van der Waals surface area contributed by atoms with Crippen LogP contribution in [0.1, 0.15) is 43.2 Å². The van der Waals surface area contributed by atoms with Crippen molar-refractivity contribution in [3.8, 4) is 0 Å². The van der Waals surface area contributed by atoms with Crippen LogP contribution in [-0.4, -0.2) is 11.7 Å². The van der Waals surface area contributed by atoms with Crippen molar-refractivity contribution in [3.05, 3.63) is 35.1 Å². The number of carbonyl (C=O) groups is 2. The monoisotopic (exact) mass is 357 g/mol. The van der Waals surface area contributed by atoms with Crippen molar-refractivity contribution in [3.63, 3.8) is 0 Å². The molecule has 1 aromatic carbocycles. The number of benzene rings is 1. The first kappa shape index (κ1) is 17.9. The predicted molar refractivity (Wildman–Crippen MR) is 81.8 cm³/mol. The van der Waals surface area contributed by atoms with E-state index < -0.39 is 17.6 Å². The Hall–Kier alpha value is -1.92. The molecule has 1 N–H and O–H groups in total. The number of carbonyl (C=O) groups excluding carboxylic acids is 2. The number of ketones is 1. The number of rotatable bonds is 3. The number of amides is 1. The second kappa shape index (κ2) is 6.77. The van der Waals surface area contributed by atoms with Crippen LogP contribution in [0.25, 0.3) is 0 Å². The van der Waals surface area contributed by atoms with Crippen LogP contribution in [0.4, 0.5) is 17.6 Å². The molecule has 3 nitrogen and oxygen atoms in total. The van der Waals surface area contributed by atoms with E-state index in [2.05, 4.69) is 5.32 Å². The summed E-state index contributed by atoms with van der Waals surface area (Å²) in [4.78, 5) is 24.4. The Labute approximate surface area is 142 Å². The van der Waals surface area contributed by atoms with Gasteiger partial charge in [-0.05, 0) is 43.4 Å². The van der Waals surface area contributed by atoms with Crippen molar-refractivity contribution in [2.24, 2.45) is 17.8 Å². The fourth-order valence-electron chi connectivity index (χ4n) is 3.99. The lowest BCUT2D eigenvalue weighted by Crippen LogP contribution is -2.42. The molecule has 7 heteroatoms. The van der Waals surface area contributed by atoms with Gasteiger partial charge in [-0.3, -0.25) is 9.59 Å². The predicted octanol–water partition coefficient (Wildman–Crippen LogP) is 3.86. The van der Waals surface area contributed by atoms with E-state index in [0.29, 0.717) is 18.9 Å². The van der Waals surface area contributed by atoms with Crippen molar-refractivity contribution >= 4 is 11.7 Å². The van der Waals surface area contributed by atoms with Crippen LogP contribution in [-0.2, 0) is 22.3 Å². The summed E-state index contributed by atoms with van der Waals surface area (Å²) in [5, 5.41) is 2.53. The lowest BCUT2D eigenvalue weighted by Gasteiger charge is -2.37. The molecule has 2 saturated carbocycles. The summed E-state index contributed by atoms with van der Waals surface area (Å²) in [5.41, 5.74) is -1.25. The molecular formula is C18H19F4NO2. The van der Waals surface area contributed by atoms with Gasteiger partial charge in [0.1, 0.15) is 11.6 Å². The fraction of sp³-hybridized carbons (Fsp3) is 0.556. The molecule has 0 spiro atoms. The van der Waals surface area contributed by atoms with Crippen LogP contribution >= 0.6 is 0 Å². The highest BCUT2D eigenvalue weighted by Crippen LogP contribution is 2.40. The third-order valence-electron chi connectivity index (χ3n) is 5.25. The zero-order chi connectivity index (χ0) is 18.2. The molecule has 1 amide bonds. The first-order valence-corrected chi connectivity index (χ1v) is 8.42. The Balaban J connectivity index is 1.66. The SMILES string of the molecule is O=C(NCc1ccc(F)cc1C(F)(F)F)C1C[C@H]2CCC[C@@H](C1)C2=O. The highest BCUT2D eigenvalue weighted by molar-refractivity contribution is 5.88. The molecule has 2 aliphatic carbocycles. The molecule has 2 aliphatic rings. The lowest BCUT2D eigenvalue weighted by molar-refractivity contribution is -0.140.